The van der Waals surface area contributed by atoms with E-state index in [-0.39, 0.29) is 36.5 Å². The number of nitrogens with zero attached hydrogens (tertiary/aromatic N) is 1. The molecule has 0 aromatic carbocycles. The Balaban J connectivity index is 2.35. The maximum atomic E-state index is 13.0. The Hall–Kier alpha value is -3.14. The van der Waals surface area contributed by atoms with E-state index in [2.05, 4.69) is 28.8 Å². The van der Waals surface area contributed by atoms with Crippen LogP contribution in [0.1, 0.15) is 24.1 Å². The zero-order valence-electron chi connectivity index (χ0n) is 16.3. The van der Waals surface area contributed by atoms with Crippen LogP contribution in [-0.4, -0.2) is 23.4 Å². The zero-order chi connectivity index (χ0) is 23.4. The van der Waals surface area contributed by atoms with Crippen molar-refractivity contribution >= 4 is 23.4 Å². The summed E-state index contributed by atoms with van der Waals surface area (Å²) < 4.78 is 55.6. The molecule has 0 spiro atoms. The van der Waals surface area contributed by atoms with Crippen LogP contribution in [-0.2, 0) is 27.0 Å². The van der Waals surface area contributed by atoms with Gasteiger partial charge in [-0.25, -0.2) is 4.39 Å². The van der Waals surface area contributed by atoms with Crippen molar-refractivity contribution in [3.63, 3.8) is 0 Å². The molecule has 6 nitrogen and oxygen atoms in total. The van der Waals surface area contributed by atoms with Gasteiger partial charge in [0.05, 0.1) is 17.8 Å². The lowest BCUT2D eigenvalue weighted by Gasteiger charge is -2.10. The first-order chi connectivity index (χ1) is 14.5. The minimum Gasteiger partial charge on any atom is -0.484 e. The summed E-state index contributed by atoms with van der Waals surface area (Å²) in [6.07, 6.45) is -1.56. The number of alkyl halides is 3. The van der Waals surface area contributed by atoms with Gasteiger partial charge in [-0.05, 0) is 24.6 Å². The molecule has 0 saturated heterocycles. The van der Waals surface area contributed by atoms with Crippen molar-refractivity contribution in [1.82, 2.24) is 15.6 Å². The lowest BCUT2D eigenvalue weighted by atomic mass is 10.2. The normalized spacial score (nSPS) is 12.2. The molecule has 1 heterocycles. The molecule has 1 rings (SSSR count). The lowest BCUT2D eigenvalue weighted by molar-refractivity contribution is -0.137. The average molecular weight is 462 g/mol. The first-order valence-electron chi connectivity index (χ1n) is 8.74. The molecule has 0 radical (unpaired) electrons. The maximum absolute atomic E-state index is 13.0. The van der Waals surface area contributed by atoms with E-state index >= 15 is 0 Å². The lowest BCUT2D eigenvalue weighted by Crippen LogP contribution is -2.28. The minimum absolute atomic E-state index is 0.00795. The summed E-state index contributed by atoms with van der Waals surface area (Å²) in [4.78, 5) is 27.3. The Labute approximate surface area is 181 Å². The Kier molecular flexibility index (Phi) is 10.5. The molecular formula is C20H20ClF4N3O3. The molecule has 2 amide bonds. The van der Waals surface area contributed by atoms with Crippen LogP contribution in [0.25, 0.3) is 0 Å². The molecule has 0 fully saturated rings. The van der Waals surface area contributed by atoms with Crippen molar-refractivity contribution < 1.29 is 31.9 Å². The third-order valence-corrected chi connectivity index (χ3v) is 3.75. The van der Waals surface area contributed by atoms with Gasteiger partial charge >= 0.3 is 6.18 Å². The number of allylic oxidation sites excluding steroid dienone is 4. The standard InChI is InChI=1S/C20H20ClF4N3O3/c1-3-17(8-15(22)9-21)31-12-19(30)28-13(2)4-7-18(29)27-11-16-6-5-14(10-26-16)20(23,24)25/h3,5-6,8-10H,1-2,4,7,11-12H2,(H,27,29)(H,28,30)/b15-9-,17-8+. The number of nitrogens with one attached hydrogen (secondary N) is 2. The molecule has 0 aliphatic heterocycles. The third-order valence-electron chi connectivity index (χ3n) is 3.54. The highest BCUT2D eigenvalue weighted by Crippen LogP contribution is 2.28. The molecule has 0 bridgehead atoms. The molecule has 1 aromatic heterocycles. The number of hydrogen-bond donors (Lipinski definition) is 2. The zero-order valence-corrected chi connectivity index (χ0v) is 17.0. The highest BCUT2D eigenvalue weighted by Gasteiger charge is 2.30. The van der Waals surface area contributed by atoms with E-state index in [1.807, 2.05) is 0 Å². The maximum Gasteiger partial charge on any atom is 0.417 e. The quantitative estimate of drug-likeness (QED) is 0.293. The van der Waals surface area contributed by atoms with Crippen molar-refractivity contribution in [1.29, 1.82) is 0 Å². The number of hydrogen-bond acceptors (Lipinski definition) is 4. The number of halogens is 5. The number of ether oxygens (including phenoxy) is 1. The van der Waals surface area contributed by atoms with Gasteiger partial charge in [-0.3, -0.25) is 14.6 Å². The van der Waals surface area contributed by atoms with E-state index in [9.17, 15) is 27.2 Å². The largest absolute Gasteiger partial charge is 0.484 e. The summed E-state index contributed by atoms with van der Waals surface area (Å²) >= 11 is 5.19. The summed E-state index contributed by atoms with van der Waals surface area (Å²) in [5.74, 6) is -1.78. The van der Waals surface area contributed by atoms with Crippen LogP contribution >= 0.6 is 11.6 Å². The van der Waals surface area contributed by atoms with Crippen LogP contribution in [0.2, 0.25) is 0 Å². The summed E-state index contributed by atoms with van der Waals surface area (Å²) in [6.45, 7) is 6.54. The third kappa shape index (κ3) is 10.4. The van der Waals surface area contributed by atoms with Crippen LogP contribution in [0.4, 0.5) is 17.6 Å². The molecule has 11 heteroatoms. The summed E-state index contributed by atoms with van der Waals surface area (Å²) in [6, 6.07) is 2.05. The van der Waals surface area contributed by atoms with E-state index in [1.54, 1.807) is 0 Å². The Morgan fingerprint density at radius 3 is 2.48 bits per heavy atom. The Morgan fingerprint density at radius 2 is 1.94 bits per heavy atom. The molecule has 31 heavy (non-hydrogen) atoms. The van der Waals surface area contributed by atoms with E-state index in [0.717, 1.165) is 12.1 Å². The molecule has 0 aliphatic carbocycles. The number of rotatable bonds is 11. The topological polar surface area (TPSA) is 80.3 Å². The second-order valence-corrected chi connectivity index (χ2v) is 6.22. The second kappa shape index (κ2) is 12.5. The van der Waals surface area contributed by atoms with Gasteiger partial charge in [-0.15, -0.1) is 0 Å². The van der Waals surface area contributed by atoms with E-state index in [0.29, 0.717) is 11.7 Å². The van der Waals surface area contributed by atoms with Crippen LogP contribution in [0.5, 0.6) is 0 Å². The first kappa shape index (κ1) is 25.9. The predicted octanol–water partition coefficient (Wildman–Crippen LogP) is 4.26. The van der Waals surface area contributed by atoms with Crippen molar-refractivity contribution in [3.8, 4) is 0 Å². The second-order valence-electron chi connectivity index (χ2n) is 6.00. The fourth-order valence-corrected chi connectivity index (χ4v) is 2.07. The van der Waals surface area contributed by atoms with Crippen LogP contribution in [0, 0.1) is 0 Å². The smallest absolute Gasteiger partial charge is 0.417 e. The predicted molar refractivity (Wildman–Crippen MR) is 107 cm³/mol. The molecule has 1 aromatic rings. The fraction of sp³-hybridized carbons (Fsp3) is 0.250. The van der Waals surface area contributed by atoms with Gasteiger partial charge in [0.25, 0.3) is 5.91 Å². The number of carbonyl (C=O) groups is 2. The minimum atomic E-state index is -4.48. The SMILES string of the molecule is C=C/C(=C\C(F)=C\Cl)OCC(=O)NC(=C)CCC(=O)NCc1ccc(C(F)(F)F)cn1. The molecule has 0 aliphatic rings. The monoisotopic (exact) mass is 461 g/mol. The number of aromatic nitrogens is 1. The van der Waals surface area contributed by atoms with E-state index in [1.165, 1.54) is 12.1 Å². The Bertz CT molecular complexity index is 865. The Morgan fingerprint density at radius 1 is 1.23 bits per heavy atom. The van der Waals surface area contributed by atoms with Crippen molar-refractivity contribution in [2.24, 2.45) is 0 Å². The number of amides is 2. The van der Waals surface area contributed by atoms with E-state index < -0.39 is 36.0 Å². The fourth-order valence-electron chi connectivity index (χ4n) is 2.01. The molecule has 0 saturated carbocycles. The number of carbonyl (C=O) groups excluding carboxylic acids is 2. The van der Waals surface area contributed by atoms with Gasteiger partial charge in [-0.2, -0.15) is 13.2 Å². The van der Waals surface area contributed by atoms with Crippen LogP contribution in [0.15, 0.2) is 66.5 Å². The highest BCUT2D eigenvalue weighted by atomic mass is 35.5. The van der Waals surface area contributed by atoms with Crippen LogP contribution < -0.4 is 10.6 Å². The summed E-state index contributed by atoms with van der Waals surface area (Å²) in [7, 11) is 0. The molecule has 2 N–H and O–H groups in total. The average Bonchev–Trinajstić information content (AvgIpc) is 2.73. The van der Waals surface area contributed by atoms with Gasteiger partial charge in [0, 0.05) is 29.9 Å². The van der Waals surface area contributed by atoms with Gasteiger partial charge in [0.1, 0.15) is 11.6 Å². The summed E-state index contributed by atoms with van der Waals surface area (Å²) in [5.41, 5.74) is 0.312. The van der Waals surface area contributed by atoms with Crippen molar-refractivity contribution in [3.05, 3.63) is 77.7 Å². The van der Waals surface area contributed by atoms with Gasteiger partial charge < -0.3 is 15.4 Å². The van der Waals surface area contributed by atoms with Gasteiger partial charge in [-0.1, -0.05) is 24.8 Å². The highest BCUT2D eigenvalue weighted by molar-refractivity contribution is 6.25. The molecule has 168 valence electrons. The molecule has 0 unspecified atom stereocenters. The summed E-state index contributed by atoms with van der Waals surface area (Å²) in [5, 5.41) is 4.93. The molecule has 0 atom stereocenters. The number of pyridine rings is 1. The van der Waals surface area contributed by atoms with E-state index in [4.69, 9.17) is 16.3 Å². The first-order valence-corrected chi connectivity index (χ1v) is 9.18. The van der Waals surface area contributed by atoms with Crippen molar-refractivity contribution in [2.75, 3.05) is 6.61 Å². The van der Waals surface area contributed by atoms with Gasteiger partial charge in [0.15, 0.2) is 6.61 Å². The van der Waals surface area contributed by atoms with Gasteiger partial charge in [0.2, 0.25) is 5.91 Å². The molecular weight excluding hydrogens is 442 g/mol. The van der Waals surface area contributed by atoms with Crippen LogP contribution in [0.3, 0.4) is 0 Å². The van der Waals surface area contributed by atoms with Crippen molar-refractivity contribution in [2.45, 2.75) is 25.6 Å².